The van der Waals surface area contributed by atoms with Crippen molar-refractivity contribution in [1.29, 1.82) is 0 Å². The first-order valence-corrected chi connectivity index (χ1v) is 7.35. The van der Waals surface area contributed by atoms with Crippen molar-refractivity contribution >= 4 is 18.1 Å². The molecule has 0 radical (unpaired) electrons. The molecule has 1 fully saturated rings. The summed E-state index contributed by atoms with van der Waals surface area (Å²) in [5.41, 5.74) is 0. The van der Waals surface area contributed by atoms with E-state index in [1.54, 1.807) is 12.1 Å². The second kappa shape index (κ2) is 7.22. The van der Waals surface area contributed by atoms with Crippen LogP contribution in [0.2, 0.25) is 0 Å². The molecule has 1 aromatic heterocycles. The summed E-state index contributed by atoms with van der Waals surface area (Å²) in [7, 11) is 1.82. The van der Waals surface area contributed by atoms with E-state index in [9.17, 15) is 14.4 Å². The minimum absolute atomic E-state index is 0.130. The van der Waals surface area contributed by atoms with E-state index in [0.717, 1.165) is 6.29 Å². The quantitative estimate of drug-likeness (QED) is 0.731. The Kier molecular flexibility index (Phi) is 5.32. The van der Waals surface area contributed by atoms with E-state index < -0.39 is 6.04 Å². The minimum Gasteiger partial charge on any atom is -0.459 e. The van der Waals surface area contributed by atoms with Crippen LogP contribution in [0.1, 0.15) is 30.3 Å². The summed E-state index contributed by atoms with van der Waals surface area (Å²) in [6, 6.07) is 2.30. The van der Waals surface area contributed by atoms with Gasteiger partial charge in [0, 0.05) is 12.6 Å². The Bertz CT molecular complexity index is 529. The molecule has 3 atom stereocenters. The molecule has 7 nitrogen and oxygen atoms in total. The zero-order valence-electron chi connectivity index (χ0n) is 12.7. The highest BCUT2D eigenvalue weighted by Crippen LogP contribution is 2.17. The Morgan fingerprint density at radius 2 is 2.32 bits per heavy atom. The number of likely N-dealkylation sites (tertiary alicyclic amines) is 1. The molecule has 7 heteroatoms. The van der Waals surface area contributed by atoms with Crippen LogP contribution >= 0.6 is 0 Å². The van der Waals surface area contributed by atoms with Gasteiger partial charge in [0.25, 0.3) is 5.91 Å². The van der Waals surface area contributed by atoms with Gasteiger partial charge in [-0.15, -0.1) is 0 Å². The molecule has 2 amide bonds. The van der Waals surface area contributed by atoms with Crippen molar-refractivity contribution in [2.45, 2.75) is 37.9 Å². The minimum atomic E-state index is -0.461. The topological polar surface area (TPSA) is 91.7 Å². The number of furan rings is 1. The van der Waals surface area contributed by atoms with Gasteiger partial charge < -0.3 is 19.8 Å². The van der Waals surface area contributed by atoms with Crippen LogP contribution in [0.4, 0.5) is 0 Å². The van der Waals surface area contributed by atoms with Crippen LogP contribution in [0.15, 0.2) is 22.8 Å². The third-order valence-electron chi connectivity index (χ3n) is 3.86. The van der Waals surface area contributed by atoms with E-state index in [1.807, 2.05) is 18.9 Å². The van der Waals surface area contributed by atoms with Crippen molar-refractivity contribution in [2.24, 2.45) is 0 Å². The van der Waals surface area contributed by atoms with Crippen molar-refractivity contribution in [1.82, 2.24) is 15.5 Å². The fourth-order valence-electron chi connectivity index (χ4n) is 2.59. The van der Waals surface area contributed by atoms with Gasteiger partial charge in [-0.1, -0.05) is 6.92 Å². The number of nitrogens with zero attached hydrogens (tertiary/aromatic N) is 1. The molecule has 2 rings (SSSR count). The third kappa shape index (κ3) is 3.73. The molecule has 1 aromatic rings. The Labute approximate surface area is 129 Å². The van der Waals surface area contributed by atoms with E-state index >= 15 is 0 Å². The molecule has 0 aromatic carbocycles. The summed E-state index contributed by atoms with van der Waals surface area (Å²) in [5, 5.41) is 5.56. The van der Waals surface area contributed by atoms with Crippen molar-refractivity contribution in [3.05, 3.63) is 24.2 Å². The van der Waals surface area contributed by atoms with E-state index in [4.69, 9.17) is 4.42 Å². The van der Waals surface area contributed by atoms with Crippen LogP contribution in [-0.4, -0.2) is 54.7 Å². The first-order valence-electron chi connectivity index (χ1n) is 7.35. The number of carbonyl (C=O) groups is 3. The smallest absolute Gasteiger partial charge is 0.287 e. The van der Waals surface area contributed by atoms with Gasteiger partial charge in [-0.2, -0.15) is 0 Å². The van der Waals surface area contributed by atoms with Gasteiger partial charge in [-0.25, -0.2) is 0 Å². The molecule has 2 N–H and O–H groups in total. The number of carbonyl (C=O) groups excluding carboxylic acids is 3. The zero-order valence-corrected chi connectivity index (χ0v) is 12.7. The van der Waals surface area contributed by atoms with E-state index in [2.05, 4.69) is 10.6 Å². The number of hydrogen-bond donors (Lipinski definition) is 2. The van der Waals surface area contributed by atoms with Gasteiger partial charge in [0.15, 0.2) is 5.76 Å². The standard InChI is InChI=1S/C15H21N3O4/c1-3-10(9-19)16-14(20)12-7-11(8-18(12)2)17-15(21)13-5-4-6-22-13/h4-6,9-12H,3,7-8H2,1-2H3,(H,16,20)(H,17,21)/t10-,11+,12-/m0/s1. The molecule has 1 saturated heterocycles. The number of likely N-dealkylation sites (N-methyl/N-ethyl adjacent to an activating group) is 1. The number of aldehydes is 1. The summed E-state index contributed by atoms with van der Waals surface area (Å²) in [5.74, 6) is -0.220. The molecule has 0 bridgehead atoms. The maximum Gasteiger partial charge on any atom is 0.287 e. The largest absolute Gasteiger partial charge is 0.459 e. The molecule has 0 aliphatic carbocycles. The fraction of sp³-hybridized carbons (Fsp3) is 0.533. The summed E-state index contributed by atoms with van der Waals surface area (Å²) >= 11 is 0. The van der Waals surface area contributed by atoms with Crippen LogP contribution in [-0.2, 0) is 9.59 Å². The lowest BCUT2D eigenvalue weighted by Gasteiger charge is -2.20. The highest BCUT2D eigenvalue weighted by atomic mass is 16.3. The van der Waals surface area contributed by atoms with Gasteiger partial charge in [0.1, 0.15) is 6.29 Å². The predicted molar refractivity (Wildman–Crippen MR) is 79.3 cm³/mol. The SMILES string of the molecule is CC[C@@H](C=O)NC(=O)[C@@H]1C[C@@H](NC(=O)c2ccco2)CN1C. The number of hydrogen-bond acceptors (Lipinski definition) is 5. The van der Waals surface area contributed by atoms with E-state index in [0.29, 0.717) is 19.4 Å². The van der Waals surface area contributed by atoms with E-state index in [-0.39, 0.29) is 29.7 Å². The second-order valence-corrected chi connectivity index (χ2v) is 5.50. The molecule has 1 aliphatic heterocycles. The van der Waals surface area contributed by atoms with Gasteiger partial charge in [-0.3, -0.25) is 14.5 Å². The molecular weight excluding hydrogens is 286 g/mol. The van der Waals surface area contributed by atoms with Crippen molar-refractivity contribution < 1.29 is 18.8 Å². The van der Waals surface area contributed by atoms with Crippen LogP contribution in [0.3, 0.4) is 0 Å². The summed E-state index contributed by atoms with van der Waals surface area (Å²) in [6.45, 7) is 2.41. The summed E-state index contributed by atoms with van der Waals surface area (Å²) in [4.78, 5) is 36.8. The van der Waals surface area contributed by atoms with Crippen molar-refractivity contribution in [3.63, 3.8) is 0 Å². The van der Waals surface area contributed by atoms with Gasteiger partial charge in [0.05, 0.1) is 18.3 Å². The monoisotopic (exact) mass is 307 g/mol. The maximum atomic E-state index is 12.2. The number of amides is 2. The molecule has 2 heterocycles. The number of rotatable bonds is 6. The van der Waals surface area contributed by atoms with Crippen molar-refractivity contribution in [2.75, 3.05) is 13.6 Å². The zero-order chi connectivity index (χ0) is 16.1. The number of nitrogens with one attached hydrogen (secondary N) is 2. The molecule has 0 saturated carbocycles. The lowest BCUT2D eigenvalue weighted by molar-refractivity contribution is -0.127. The summed E-state index contributed by atoms with van der Waals surface area (Å²) < 4.78 is 5.04. The fourth-order valence-corrected chi connectivity index (χ4v) is 2.59. The molecule has 1 aliphatic rings. The molecule has 0 unspecified atom stereocenters. The summed E-state index contributed by atoms with van der Waals surface area (Å²) in [6.07, 6.45) is 3.24. The average molecular weight is 307 g/mol. The highest BCUT2D eigenvalue weighted by molar-refractivity contribution is 5.91. The maximum absolute atomic E-state index is 12.2. The van der Waals surface area contributed by atoms with E-state index in [1.165, 1.54) is 6.26 Å². The van der Waals surface area contributed by atoms with Crippen LogP contribution < -0.4 is 10.6 Å². The van der Waals surface area contributed by atoms with Crippen molar-refractivity contribution in [3.8, 4) is 0 Å². The average Bonchev–Trinajstić information content (AvgIpc) is 3.14. The molecule has 0 spiro atoms. The molecule has 22 heavy (non-hydrogen) atoms. The van der Waals surface area contributed by atoms with Gasteiger partial charge in [-0.05, 0) is 32.0 Å². The molecule has 120 valence electrons. The van der Waals surface area contributed by atoms with Gasteiger partial charge in [0.2, 0.25) is 5.91 Å². The van der Waals surface area contributed by atoms with Gasteiger partial charge >= 0.3 is 0 Å². The van der Waals surface area contributed by atoms with Crippen LogP contribution in [0, 0.1) is 0 Å². The normalized spacial score (nSPS) is 23.0. The first kappa shape index (κ1) is 16.2. The highest BCUT2D eigenvalue weighted by Gasteiger charge is 2.36. The van der Waals surface area contributed by atoms with Crippen LogP contribution in [0.5, 0.6) is 0 Å². The third-order valence-corrected chi connectivity index (χ3v) is 3.86. The second-order valence-electron chi connectivity index (χ2n) is 5.50. The predicted octanol–water partition coefficient (Wildman–Crippen LogP) is 0.176. The first-order chi connectivity index (χ1) is 10.5. The Morgan fingerprint density at radius 1 is 1.55 bits per heavy atom. The lowest BCUT2D eigenvalue weighted by Crippen LogP contribution is -2.46. The lowest BCUT2D eigenvalue weighted by atomic mass is 10.1. The molecular formula is C15H21N3O4. The Morgan fingerprint density at radius 3 is 2.91 bits per heavy atom. The Balaban J connectivity index is 1.90. The Hall–Kier alpha value is -2.15. The van der Waals surface area contributed by atoms with Crippen LogP contribution in [0.25, 0.3) is 0 Å².